The highest BCUT2D eigenvalue weighted by molar-refractivity contribution is 5.85. The number of likely N-dealkylation sites (N-methyl/N-ethyl adjacent to an activating group) is 1. The summed E-state index contributed by atoms with van der Waals surface area (Å²) < 4.78 is 5.08. The molecule has 6 heteroatoms. The Morgan fingerprint density at radius 3 is 2.50 bits per heavy atom. The topological polar surface area (TPSA) is 75.8 Å². The van der Waals surface area contributed by atoms with Crippen LogP contribution in [-0.2, 0) is 17.8 Å². The van der Waals surface area contributed by atoms with Gasteiger partial charge in [-0.1, -0.05) is 36.4 Å². The first-order chi connectivity index (χ1) is 11.0. The number of aromatic hydroxyl groups is 1. The number of carbonyl (C=O) groups is 1. The number of phenols is 1. The number of nitrogens with two attached hydrogens (primary N) is 1. The Labute approximate surface area is 148 Å². The average Bonchev–Trinajstić information content (AvgIpc) is 2.56. The number of ether oxygens (including phenoxy) is 1. The van der Waals surface area contributed by atoms with Crippen LogP contribution in [0.1, 0.15) is 11.1 Å². The molecule has 0 bridgehead atoms. The van der Waals surface area contributed by atoms with E-state index in [1.807, 2.05) is 30.3 Å². The Morgan fingerprint density at radius 1 is 1.21 bits per heavy atom. The molecule has 3 N–H and O–H groups in total. The standard InChI is InChI=1S/C18H22N2O3.ClH/c1-20(12-14-8-9-16(21)17(11-14)23-2)18(22)15(19)10-13-6-4-3-5-7-13;/h3-9,11,15,21H,10,12,19H2,1-2H3;1H. The van der Waals surface area contributed by atoms with Gasteiger partial charge in [0, 0.05) is 13.6 Å². The molecule has 1 unspecified atom stereocenters. The second-order valence-electron chi connectivity index (χ2n) is 5.50. The third-order valence-corrected chi connectivity index (χ3v) is 3.66. The van der Waals surface area contributed by atoms with Gasteiger partial charge in [0.25, 0.3) is 0 Å². The van der Waals surface area contributed by atoms with Crippen LogP contribution >= 0.6 is 12.4 Å². The summed E-state index contributed by atoms with van der Waals surface area (Å²) in [4.78, 5) is 14.0. The van der Waals surface area contributed by atoms with Crippen LogP contribution in [0.5, 0.6) is 11.5 Å². The molecule has 24 heavy (non-hydrogen) atoms. The van der Waals surface area contributed by atoms with Gasteiger partial charge in [-0.3, -0.25) is 4.79 Å². The monoisotopic (exact) mass is 350 g/mol. The summed E-state index contributed by atoms with van der Waals surface area (Å²) in [5.74, 6) is 0.337. The van der Waals surface area contributed by atoms with Crippen molar-refractivity contribution in [1.29, 1.82) is 0 Å². The summed E-state index contributed by atoms with van der Waals surface area (Å²) in [6.07, 6.45) is 0.503. The first kappa shape index (κ1) is 19.8. The van der Waals surface area contributed by atoms with E-state index in [2.05, 4.69) is 0 Å². The van der Waals surface area contributed by atoms with Crippen molar-refractivity contribution in [3.05, 3.63) is 59.7 Å². The molecule has 0 saturated carbocycles. The summed E-state index contributed by atoms with van der Waals surface area (Å²) in [7, 11) is 3.20. The zero-order valence-electron chi connectivity index (χ0n) is 13.8. The SMILES string of the molecule is COc1cc(CN(C)C(=O)C(N)Cc2ccccc2)ccc1O.Cl. The third kappa shape index (κ3) is 5.15. The van der Waals surface area contributed by atoms with Crippen LogP contribution in [0, 0.1) is 0 Å². The van der Waals surface area contributed by atoms with E-state index in [0.717, 1.165) is 11.1 Å². The third-order valence-electron chi connectivity index (χ3n) is 3.66. The minimum Gasteiger partial charge on any atom is -0.504 e. The van der Waals surface area contributed by atoms with Crippen molar-refractivity contribution in [3.63, 3.8) is 0 Å². The second kappa shape index (κ2) is 9.15. The van der Waals surface area contributed by atoms with Gasteiger partial charge in [-0.15, -0.1) is 12.4 Å². The predicted molar refractivity (Wildman–Crippen MR) is 96.5 cm³/mol. The molecule has 0 aliphatic heterocycles. The van der Waals surface area contributed by atoms with Crippen LogP contribution in [-0.4, -0.2) is 36.1 Å². The van der Waals surface area contributed by atoms with E-state index in [9.17, 15) is 9.90 Å². The van der Waals surface area contributed by atoms with Gasteiger partial charge in [-0.2, -0.15) is 0 Å². The largest absolute Gasteiger partial charge is 0.504 e. The Kier molecular flexibility index (Phi) is 7.55. The van der Waals surface area contributed by atoms with Crippen molar-refractivity contribution in [1.82, 2.24) is 4.90 Å². The lowest BCUT2D eigenvalue weighted by Crippen LogP contribution is -2.42. The van der Waals surface area contributed by atoms with Crippen molar-refractivity contribution >= 4 is 18.3 Å². The maximum atomic E-state index is 12.4. The van der Waals surface area contributed by atoms with Crippen LogP contribution < -0.4 is 10.5 Å². The number of hydrogen-bond acceptors (Lipinski definition) is 4. The molecular formula is C18H23ClN2O3. The number of nitrogens with zero attached hydrogens (tertiary/aromatic N) is 1. The van der Waals surface area contributed by atoms with Gasteiger partial charge in [0.2, 0.25) is 5.91 Å². The van der Waals surface area contributed by atoms with Crippen molar-refractivity contribution in [2.75, 3.05) is 14.2 Å². The van der Waals surface area contributed by atoms with Gasteiger partial charge in [0.1, 0.15) is 0 Å². The number of carbonyl (C=O) groups excluding carboxylic acids is 1. The summed E-state index contributed by atoms with van der Waals surface area (Å²) >= 11 is 0. The Hall–Kier alpha value is -2.24. The molecule has 0 saturated heterocycles. The van der Waals surface area contributed by atoms with Crippen molar-refractivity contribution in [2.24, 2.45) is 5.73 Å². The van der Waals surface area contributed by atoms with E-state index in [1.165, 1.54) is 7.11 Å². The smallest absolute Gasteiger partial charge is 0.239 e. The molecule has 0 aliphatic rings. The highest BCUT2D eigenvalue weighted by Crippen LogP contribution is 2.26. The summed E-state index contributed by atoms with van der Waals surface area (Å²) in [6, 6.07) is 14.1. The predicted octanol–water partition coefficient (Wildman–Crippen LogP) is 2.35. The normalized spacial score (nSPS) is 11.3. The number of phenolic OH excluding ortho intramolecular Hbond substituents is 1. The lowest BCUT2D eigenvalue weighted by molar-refractivity contribution is -0.131. The van der Waals surface area contributed by atoms with Gasteiger partial charge in [-0.05, 0) is 29.7 Å². The summed E-state index contributed by atoms with van der Waals surface area (Å²) in [5, 5.41) is 9.61. The first-order valence-electron chi connectivity index (χ1n) is 7.41. The van der Waals surface area contributed by atoms with Crippen LogP contribution in [0.25, 0.3) is 0 Å². The molecule has 0 fully saturated rings. The Balaban J connectivity index is 0.00000288. The van der Waals surface area contributed by atoms with E-state index in [-0.39, 0.29) is 24.1 Å². The zero-order valence-corrected chi connectivity index (χ0v) is 14.6. The van der Waals surface area contributed by atoms with E-state index >= 15 is 0 Å². The van der Waals surface area contributed by atoms with Crippen LogP contribution in [0.2, 0.25) is 0 Å². The molecule has 1 atom stereocenters. The number of hydrogen-bond donors (Lipinski definition) is 2. The van der Waals surface area contributed by atoms with E-state index in [1.54, 1.807) is 30.1 Å². The van der Waals surface area contributed by atoms with Crippen LogP contribution in [0.3, 0.4) is 0 Å². The molecule has 0 spiro atoms. The Bertz CT molecular complexity index is 665. The fraction of sp³-hybridized carbons (Fsp3) is 0.278. The number of amides is 1. The number of rotatable bonds is 6. The molecule has 0 aromatic heterocycles. The molecule has 0 heterocycles. The molecule has 2 aromatic carbocycles. The zero-order chi connectivity index (χ0) is 16.8. The number of benzene rings is 2. The molecule has 1 amide bonds. The molecular weight excluding hydrogens is 328 g/mol. The molecule has 0 radical (unpaired) electrons. The average molecular weight is 351 g/mol. The molecule has 130 valence electrons. The minimum atomic E-state index is -0.582. The van der Waals surface area contributed by atoms with E-state index < -0.39 is 6.04 Å². The number of halogens is 1. The minimum absolute atomic E-state index is 0. The molecule has 2 aromatic rings. The summed E-state index contributed by atoms with van der Waals surface area (Å²) in [6.45, 7) is 0.401. The highest BCUT2D eigenvalue weighted by Gasteiger charge is 2.19. The maximum Gasteiger partial charge on any atom is 0.239 e. The molecule has 2 rings (SSSR count). The number of methoxy groups -OCH3 is 1. The lowest BCUT2D eigenvalue weighted by Gasteiger charge is -2.22. The molecule has 0 aliphatic carbocycles. The maximum absolute atomic E-state index is 12.4. The van der Waals surface area contributed by atoms with Gasteiger partial charge in [0.05, 0.1) is 13.2 Å². The van der Waals surface area contributed by atoms with Crippen LogP contribution in [0.4, 0.5) is 0 Å². The Morgan fingerprint density at radius 2 is 1.88 bits per heavy atom. The highest BCUT2D eigenvalue weighted by atomic mass is 35.5. The van der Waals surface area contributed by atoms with Gasteiger partial charge >= 0.3 is 0 Å². The fourth-order valence-electron chi connectivity index (χ4n) is 2.41. The molecule has 5 nitrogen and oxygen atoms in total. The van der Waals surface area contributed by atoms with E-state index in [0.29, 0.717) is 18.7 Å². The van der Waals surface area contributed by atoms with E-state index in [4.69, 9.17) is 10.5 Å². The van der Waals surface area contributed by atoms with Crippen molar-refractivity contribution < 1.29 is 14.6 Å². The van der Waals surface area contributed by atoms with Gasteiger partial charge in [0.15, 0.2) is 11.5 Å². The quantitative estimate of drug-likeness (QED) is 0.838. The summed E-state index contributed by atoms with van der Waals surface area (Å²) in [5.41, 5.74) is 7.93. The van der Waals surface area contributed by atoms with Gasteiger partial charge in [-0.25, -0.2) is 0 Å². The van der Waals surface area contributed by atoms with Crippen molar-refractivity contribution in [2.45, 2.75) is 19.0 Å². The fourth-order valence-corrected chi connectivity index (χ4v) is 2.41. The van der Waals surface area contributed by atoms with Crippen molar-refractivity contribution in [3.8, 4) is 11.5 Å². The lowest BCUT2D eigenvalue weighted by atomic mass is 10.1. The first-order valence-corrected chi connectivity index (χ1v) is 7.41. The second-order valence-corrected chi connectivity index (χ2v) is 5.50. The van der Waals surface area contributed by atoms with Crippen LogP contribution in [0.15, 0.2) is 48.5 Å². The van der Waals surface area contributed by atoms with Gasteiger partial charge < -0.3 is 20.5 Å².